The van der Waals surface area contributed by atoms with E-state index in [9.17, 15) is 10.1 Å². The fourth-order valence-electron chi connectivity index (χ4n) is 4.91. The minimum absolute atomic E-state index is 0.135. The summed E-state index contributed by atoms with van der Waals surface area (Å²) in [6, 6.07) is 24.8. The number of rotatable bonds is 2. The van der Waals surface area contributed by atoms with E-state index >= 15 is 0 Å². The lowest BCUT2D eigenvalue weighted by Crippen LogP contribution is -2.09. The van der Waals surface area contributed by atoms with Gasteiger partial charge < -0.3 is 4.90 Å². The summed E-state index contributed by atoms with van der Waals surface area (Å²) in [4.78, 5) is 17.0. The average Bonchev–Trinajstić information content (AvgIpc) is 2.86. The molecule has 0 aromatic heterocycles. The van der Waals surface area contributed by atoms with Gasteiger partial charge in [-0.05, 0) is 69.8 Å². The fraction of sp³-hybridized carbons (Fsp3) is 0.143. The van der Waals surface area contributed by atoms with Crippen LogP contribution in [-0.2, 0) is 0 Å². The topological polar surface area (TPSA) is 46.4 Å². The third kappa shape index (κ3) is 3.40. The third-order valence-electron chi connectivity index (χ3n) is 6.51. The highest BCUT2D eigenvalue weighted by atomic mass is 32.2. The van der Waals surface area contributed by atoms with Crippen LogP contribution >= 0.6 is 23.5 Å². The Kier molecular flexibility index (Phi) is 5.15. The van der Waals surface area contributed by atoms with E-state index in [-0.39, 0.29) is 10.6 Å². The molecule has 4 nitrogen and oxygen atoms in total. The molecule has 2 aliphatic rings. The summed E-state index contributed by atoms with van der Waals surface area (Å²) < 4.78 is 0. The Morgan fingerprint density at radius 1 is 0.882 bits per heavy atom. The molecule has 0 saturated carbocycles. The number of nitrogens with zero attached hydrogens (tertiary/aromatic N) is 2. The standard InChI is InChI=1S/C28H22N2O2S2/c1-29(2)18-8-10-20-17(15-18)7-11-26-28(20)22(13-14-33-26)27-21-5-3-4-6-24(21)34-25-12-9-19(30(31)32)16-23(25)27/h3-12,15-16H,13-14H2,1-2H3/b27-22-. The second-order valence-corrected chi connectivity index (χ2v) is 10.9. The fourth-order valence-corrected chi connectivity index (χ4v) is 7.05. The van der Waals surface area contributed by atoms with Crippen molar-refractivity contribution in [2.24, 2.45) is 0 Å². The van der Waals surface area contributed by atoms with E-state index in [4.69, 9.17) is 0 Å². The van der Waals surface area contributed by atoms with Crippen LogP contribution in [0.2, 0.25) is 0 Å². The zero-order chi connectivity index (χ0) is 23.4. The van der Waals surface area contributed by atoms with Crippen molar-refractivity contribution in [3.8, 4) is 0 Å². The molecule has 0 bridgehead atoms. The highest BCUT2D eigenvalue weighted by Gasteiger charge is 2.29. The summed E-state index contributed by atoms with van der Waals surface area (Å²) in [5.74, 6) is 0.993. The molecule has 34 heavy (non-hydrogen) atoms. The Hall–Kier alpha value is -3.22. The van der Waals surface area contributed by atoms with E-state index in [2.05, 4.69) is 73.6 Å². The lowest BCUT2D eigenvalue weighted by Gasteiger charge is -2.29. The van der Waals surface area contributed by atoms with E-state index in [0.717, 1.165) is 33.8 Å². The molecule has 6 heteroatoms. The molecule has 6 rings (SSSR count). The number of nitro benzene ring substituents is 1. The Morgan fingerprint density at radius 3 is 2.50 bits per heavy atom. The van der Waals surface area contributed by atoms with E-state index in [0.29, 0.717) is 0 Å². The highest BCUT2D eigenvalue weighted by molar-refractivity contribution is 7.99. The van der Waals surface area contributed by atoms with Crippen molar-refractivity contribution in [2.45, 2.75) is 21.1 Å². The number of anilines is 1. The lowest BCUT2D eigenvalue weighted by molar-refractivity contribution is -0.384. The number of hydrogen-bond donors (Lipinski definition) is 0. The number of thioether (sulfide) groups is 1. The van der Waals surface area contributed by atoms with Crippen molar-refractivity contribution < 1.29 is 4.92 Å². The molecule has 0 saturated heterocycles. The maximum Gasteiger partial charge on any atom is 0.270 e. The van der Waals surface area contributed by atoms with Gasteiger partial charge in [0.05, 0.1) is 4.92 Å². The summed E-state index contributed by atoms with van der Waals surface area (Å²) in [5, 5.41) is 14.1. The van der Waals surface area contributed by atoms with Crippen LogP contribution in [0.4, 0.5) is 11.4 Å². The smallest absolute Gasteiger partial charge is 0.270 e. The van der Waals surface area contributed by atoms with Gasteiger partial charge in [0.2, 0.25) is 0 Å². The molecule has 0 unspecified atom stereocenters. The molecule has 0 amide bonds. The Bertz CT molecular complexity index is 1520. The molecule has 0 fully saturated rings. The normalized spacial score (nSPS) is 16.5. The molecule has 2 heterocycles. The van der Waals surface area contributed by atoms with Crippen LogP contribution < -0.4 is 4.90 Å². The summed E-state index contributed by atoms with van der Waals surface area (Å²) in [5.41, 5.74) is 7.13. The number of nitro groups is 1. The number of allylic oxidation sites excluding steroid dienone is 1. The highest BCUT2D eigenvalue weighted by Crippen LogP contribution is 2.52. The first kappa shape index (κ1) is 21.3. The van der Waals surface area contributed by atoms with E-state index in [1.807, 2.05) is 17.8 Å². The van der Waals surface area contributed by atoms with Crippen LogP contribution in [-0.4, -0.2) is 24.8 Å². The number of benzene rings is 4. The van der Waals surface area contributed by atoms with Crippen molar-refractivity contribution in [1.29, 1.82) is 0 Å². The van der Waals surface area contributed by atoms with Gasteiger partial charge in [0.15, 0.2) is 0 Å². The van der Waals surface area contributed by atoms with E-state index in [1.54, 1.807) is 23.9 Å². The third-order valence-corrected chi connectivity index (χ3v) is 8.73. The predicted molar refractivity (Wildman–Crippen MR) is 143 cm³/mol. The first-order valence-electron chi connectivity index (χ1n) is 11.2. The summed E-state index contributed by atoms with van der Waals surface area (Å²) in [6.45, 7) is 0. The van der Waals surface area contributed by atoms with Crippen molar-refractivity contribution in [3.05, 3.63) is 99.6 Å². The van der Waals surface area contributed by atoms with Gasteiger partial charge in [0.1, 0.15) is 0 Å². The maximum atomic E-state index is 11.7. The second kappa shape index (κ2) is 8.22. The Morgan fingerprint density at radius 2 is 1.68 bits per heavy atom. The SMILES string of the molecule is CN(C)c1ccc2c3c(ccc2c1)SCC/C3=C1\c2ccccc2Sc2ccc([N+](=O)[O-])cc21. The molecule has 0 radical (unpaired) electrons. The summed E-state index contributed by atoms with van der Waals surface area (Å²) in [7, 11) is 4.12. The summed E-state index contributed by atoms with van der Waals surface area (Å²) >= 11 is 3.59. The lowest BCUT2D eigenvalue weighted by atomic mass is 9.85. The molecule has 0 N–H and O–H groups in total. The number of fused-ring (bicyclic) bond motifs is 5. The van der Waals surface area contributed by atoms with Crippen LogP contribution in [0.3, 0.4) is 0 Å². The number of non-ortho nitro benzene ring substituents is 1. The Balaban J connectivity index is 1.70. The molecule has 2 aliphatic heterocycles. The largest absolute Gasteiger partial charge is 0.378 e. The molecule has 0 aliphatic carbocycles. The molecular weight excluding hydrogens is 460 g/mol. The van der Waals surface area contributed by atoms with Crippen molar-refractivity contribution >= 4 is 56.8 Å². The molecular formula is C28H22N2O2S2. The van der Waals surface area contributed by atoms with Gasteiger partial charge in [0, 0.05) is 57.9 Å². The van der Waals surface area contributed by atoms with Crippen molar-refractivity contribution in [3.63, 3.8) is 0 Å². The predicted octanol–water partition coefficient (Wildman–Crippen LogP) is 7.73. The van der Waals surface area contributed by atoms with Crippen LogP contribution in [0.1, 0.15) is 23.1 Å². The van der Waals surface area contributed by atoms with Crippen molar-refractivity contribution in [1.82, 2.24) is 0 Å². The molecule has 0 spiro atoms. The van der Waals surface area contributed by atoms with Crippen LogP contribution in [0.5, 0.6) is 0 Å². The van der Waals surface area contributed by atoms with Gasteiger partial charge in [-0.1, -0.05) is 42.1 Å². The minimum atomic E-state index is -0.295. The first-order chi connectivity index (χ1) is 16.5. The monoisotopic (exact) mass is 482 g/mol. The van der Waals surface area contributed by atoms with Gasteiger partial charge in [-0.25, -0.2) is 0 Å². The van der Waals surface area contributed by atoms with Gasteiger partial charge in [-0.3, -0.25) is 10.1 Å². The van der Waals surface area contributed by atoms with Gasteiger partial charge in [-0.2, -0.15) is 0 Å². The van der Waals surface area contributed by atoms with E-state index < -0.39 is 0 Å². The second-order valence-electron chi connectivity index (χ2n) is 8.73. The average molecular weight is 483 g/mol. The molecule has 4 aromatic carbocycles. The zero-order valence-corrected chi connectivity index (χ0v) is 20.5. The van der Waals surface area contributed by atoms with Crippen LogP contribution in [0, 0.1) is 10.1 Å². The van der Waals surface area contributed by atoms with Crippen LogP contribution in [0.25, 0.3) is 21.9 Å². The molecule has 168 valence electrons. The van der Waals surface area contributed by atoms with Gasteiger partial charge in [0.25, 0.3) is 5.69 Å². The van der Waals surface area contributed by atoms with Crippen molar-refractivity contribution in [2.75, 3.05) is 24.7 Å². The van der Waals surface area contributed by atoms with Gasteiger partial charge >= 0.3 is 0 Å². The first-order valence-corrected chi connectivity index (χ1v) is 13.0. The van der Waals surface area contributed by atoms with Gasteiger partial charge in [-0.15, -0.1) is 11.8 Å². The Labute approximate surface area is 206 Å². The molecule has 0 atom stereocenters. The summed E-state index contributed by atoms with van der Waals surface area (Å²) in [6.07, 6.45) is 0.919. The molecule has 4 aromatic rings. The number of hydrogen-bond acceptors (Lipinski definition) is 5. The minimum Gasteiger partial charge on any atom is -0.378 e. The zero-order valence-electron chi connectivity index (χ0n) is 18.9. The maximum absolute atomic E-state index is 11.7. The van der Waals surface area contributed by atoms with Crippen LogP contribution in [0.15, 0.2) is 87.5 Å². The van der Waals surface area contributed by atoms with E-state index in [1.165, 1.54) is 37.4 Å². The quantitative estimate of drug-likeness (QED) is 0.190.